The van der Waals surface area contributed by atoms with Crippen LogP contribution in [-0.2, 0) is 9.53 Å². The first-order valence-electron chi connectivity index (χ1n) is 6.99. The summed E-state index contributed by atoms with van der Waals surface area (Å²) in [6.45, 7) is 2.42. The van der Waals surface area contributed by atoms with Crippen LogP contribution < -0.4 is 5.32 Å². The number of amides is 1. The van der Waals surface area contributed by atoms with Crippen molar-refractivity contribution >= 4 is 29.1 Å². The van der Waals surface area contributed by atoms with Crippen LogP contribution >= 0.6 is 23.2 Å². The molecule has 1 fully saturated rings. The summed E-state index contributed by atoms with van der Waals surface area (Å²) in [6, 6.07) is 4.83. The summed E-state index contributed by atoms with van der Waals surface area (Å²) in [4.78, 5) is 11.8. The minimum absolute atomic E-state index is 0.0899. The number of hydrogen-bond donors (Lipinski definition) is 2. The van der Waals surface area contributed by atoms with Gasteiger partial charge in [-0.1, -0.05) is 23.2 Å². The Hall–Kier alpha value is -0.810. The van der Waals surface area contributed by atoms with Crippen LogP contribution in [0.3, 0.4) is 0 Å². The first-order chi connectivity index (χ1) is 9.95. The molecule has 1 aliphatic rings. The van der Waals surface area contributed by atoms with Crippen molar-refractivity contribution in [2.45, 2.75) is 32.0 Å². The fourth-order valence-corrected chi connectivity index (χ4v) is 2.41. The first kappa shape index (κ1) is 16.6. The van der Waals surface area contributed by atoms with Gasteiger partial charge in [0.25, 0.3) is 0 Å². The molecule has 0 aliphatic heterocycles. The fourth-order valence-electron chi connectivity index (χ4n) is 1.87. The molecule has 0 radical (unpaired) electrons. The van der Waals surface area contributed by atoms with Crippen molar-refractivity contribution in [3.63, 3.8) is 0 Å². The van der Waals surface area contributed by atoms with Gasteiger partial charge in [-0.15, -0.1) is 0 Å². The minimum Gasteiger partial charge on any atom is -0.387 e. The van der Waals surface area contributed by atoms with E-state index < -0.39 is 12.2 Å². The van der Waals surface area contributed by atoms with Crippen LogP contribution in [0.1, 0.15) is 31.4 Å². The summed E-state index contributed by atoms with van der Waals surface area (Å²) in [5.41, 5.74) is 0.569. The Morgan fingerprint density at radius 2 is 2.00 bits per heavy atom. The zero-order valence-corrected chi connectivity index (χ0v) is 13.3. The number of carbonyl (C=O) groups excluding carboxylic acids is 1. The van der Waals surface area contributed by atoms with Gasteiger partial charge in [-0.3, -0.25) is 4.79 Å². The SMILES string of the molecule is C[C@@H](OCC1CC1)C(=O)NC[C@H](O)c1cc(Cl)cc(Cl)c1. The summed E-state index contributed by atoms with van der Waals surface area (Å²) in [5.74, 6) is 0.377. The van der Waals surface area contributed by atoms with Gasteiger partial charge >= 0.3 is 0 Å². The molecular formula is C15H19Cl2NO3. The lowest BCUT2D eigenvalue weighted by atomic mass is 10.1. The van der Waals surface area contributed by atoms with Crippen LogP contribution in [0.5, 0.6) is 0 Å². The molecule has 116 valence electrons. The van der Waals surface area contributed by atoms with Gasteiger partial charge in [0, 0.05) is 16.6 Å². The van der Waals surface area contributed by atoms with Crippen molar-refractivity contribution in [1.29, 1.82) is 0 Å². The van der Waals surface area contributed by atoms with Gasteiger partial charge in [-0.25, -0.2) is 0 Å². The number of ether oxygens (including phenoxy) is 1. The highest BCUT2D eigenvalue weighted by molar-refractivity contribution is 6.34. The van der Waals surface area contributed by atoms with Gasteiger partial charge in [0.15, 0.2) is 0 Å². The van der Waals surface area contributed by atoms with Gasteiger partial charge in [0.05, 0.1) is 12.7 Å². The Balaban J connectivity index is 1.78. The van der Waals surface area contributed by atoms with Crippen molar-refractivity contribution in [1.82, 2.24) is 5.32 Å². The van der Waals surface area contributed by atoms with Crippen molar-refractivity contribution in [3.8, 4) is 0 Å². The lowest BCUT2D eigenvalue weighted by Gasteiger charge is -2.16. The summed E-state index contributed by atoms with van der Waals surface area (Å²) in [5, 5.41) is 13.6. The van der Waals surface area contributed by atoms with Gasteiger partial charge in [-0.2, -0.15) is 0 Å². The second-order valence-corrected chi connectivity index (χ2v) is 6.26. The standard InChI is InChI=1S/C15H19Cl2NO3/c1-9(21-8-10-2-3-10)15(20)18-7-14(19)11-4-12(16)6-13(17)5-11/h4-6,9-10,14,19H,2-3,7-8H2,1H3,(H,18,20)/t9-,14+/m1/s1. The maximum Gasteiger partial charge on any atom is 0.248 e. The van der Waals surface area contributed by atoms with Gasteiger partial charge in [-0.05, 0) is 49.4 Å². The van der Waals surface area contributed by atoms with Crippen molar-refractivity contribution in [2.75, 3.05) is 13.2 Å². The average molecular weight is 332 g/mol. The van der Waals surface area contributed by atoms with Gasteiger partial charge in [0.1, 0.15) is 6.10 Å². The van der Waals surface area contributed by atoms with Gasteiger partial charge in [0.2, 0.25) is 5.91 Å². The molecule has 1 aromatic carbocycles. The Morgan fingerprint density at radius 1 is 1.38 bits per heavy atom. The number of aliphatic hydroxyl groups is 1. The molecule has 1 aliphatic carbocycles. The largest absolute Gasteiger partial charge is 0.387 e. The van der Waals surface area contributed by atoms with Crippen LogP contribution in [0.4, 0.5) is 0 Å². The molecule has 6 heteroatoms. The van der Waals surface area contributed by atoms with E-state index in [0.717, 1.165) is 0 Å². The van der Waals surface area contributed by atoms with Crippen LogP contribution in [-0.4, -0.2) is 30.3 Å². The third kappa shape index (κ3) is 5.47. The summed E-state index contributed by atoms with van der Waals surface area (Å²) >= 11 is 11.8. The van der Waals surface area contributed by atoms with E-state index in [0.29, 0.717) is 28.1 Å². The summed E-state index contributed by atoms with van der Waals surface area (Å²) in [7, 11) is 0. The molecule has 0 saturated heterocycles. The second kappa shape index (κ2) is 7.45. The summed E-state index contributed by atoms with van der Waals surface area (Å²) < 4.78 is 5.47. The molecule has 0 bridgehead atoms. The number of aliphatic hydroxyl groups excluding tert-OH is 1. The van der Waals surface area contributed by atoms with E-state index in [-0.39, 0.29) is 12.5 Å². The maximum atomic E-state index is 11.8. The van der Waals surface area contributed by atoms with Crippen LogP contribution in [0.2, 0.25) is 10.0 Å². The van der Waals surface area contributed by atoms with E-state index in [1.165, 1.54) is 12.8 Å². The fraction of sp³-hybridized carbons (Fsp3) is 0.533. The maximum absolute atomic E-state index is 11.8. The third-order valence-electron chi connectivity index (χ3n) is 3.39. The summed E-state index contributed by atoms with van der Waals surface area (Å²) in [6.07, 6.45) is 0.993. The van der Waals surface area contributed by atoms with E-state index in [2.05, 4.69) is 5.32 Å². The quantitative estimate of drug-likeness (QED) is 0.807. The predicted molar refractivity (Wildman–Crippen MR) is 82.6 cm³/mol. The van der Waals surface area contributed by atoms with E-state index in [4.69, 9.17) is 27.9 Å². The van der Waals surface area contributed by atoms with Gasteiger partial charge < -0.3 is 15.2 Å². The Morgan fingerprint density at radius 3 is 2.57 bits per heavy atom. The normalized spacial score (nSPS) is 17.3. The molecule has 21 heavy (non-hydrogen) atoms. The van der Waals surface area contributed by atoms with Crippen molar-refractivity contribution < 1.29 is 14.6 Å². The van der Waals surface area contributed by atoms with Crippen molar-refractivity contribution in [3.05, 3.63) is 33.8 Å². The Bertz CT molecular complexity index is 485. The molecule has 2 rings (SSSR count). The smallest absolute Gasteiger partial charge is 0.248 e. The zero-order valence-electron chi connectivity index (χ0n) is 11.8. The van der Waals surface area contributed by atoms with E-state index in [1.54, 1.807) is 25.1 Å². The highest BCUT2D eigenvalue weighted by Crippen LogP contribution is 2.29. The lowest BCUT2D eigenvalue weighted by molar-refractivity contribution is -0.132. The molecule has 1 amide bonds. The number of benzene rings is 1. The number of carbonyl (C=O) groups is 1. The van der Waals surface area contributed by atoms with Crippen LogP contribution in [0.15, 0.2) is 18.2 Å². The monoisotopic (exact) mass is 331 g/mol. The topological polar surface area (TPSA) is 58.6 Å². The van der Waals surface area contributed by atoms with Crippen LogP contribution in [0, 0.1) is 5.92 Å². The second-order valence-electron chi connectivity index (χ2n) is 5.38. The number of rotatable bonds is 7. The van der Waals surface area contributed by atoms with E-state index in [1.807, 2.05) is 0 Å². The molecule has 4 nitrogen and oxygen atoms in total. The molecular weight excluding hydrogens is 313 g/mol. The molecule has 2 atom stereocenters. The van der Waals surface area contributed by atoms with Crippen molar-refractivity contribution in [2.24, 2.45) is 5.92 Å². The highest BCUT2D eigenvalue weighted by atomic mass is 35.5. The number of nitrogens with one attached hydrogen (secondary N) is 1. The lowest BCUT2D eigenvalue weighted by Crippen LogP contribution is -2.37. The molecule has 0 unspecified atom stereocenters. The molecule has 0 aromatic heterocycles. The Labute approximate surface area is 134 Å². The molecule has 0 heterocycles. The number of hydrogen-bond acceptors (Lipinski definition) is 3. The first-order valence-corrected chi connectivity index (χ1v) is 7.74. The average Bonchev–Trinajstić information content (AvgIpc) is 3.24. The minimum atomic E-state index is -0.860. The molecule has 2 N–H and O–H groups in total. The molecule has 1 saturated carbocycles. The third-order valence-corrected chi connectivity index (χ3v) is 3.82. The number of halogens is 2. The Kier molecular flexibility index (Phi) is 5.88. The van der Waals surface area contributed by atoms with E-state index in [9.17, 15) is 9.90 Å². The van der Waals surface area contributed by atoms with E-state index >= 15 is 0 Å². The zero-order chi connectivity index (χ0) is 15.4. The van der Waals surface area contributed by atoms with Crippen LogP contribution in [0.25, 0.3) is 0 Å². The predicted octanol–water partition coefficient (Wildman–Crippen LogP) is 2.96. The molecule has 1 aromatic rings. The molecule has 0 spiro atoms. The highest BCUT2D eigenvalue weighted by Gasteiger charge is 2.24.